The molecule has 3 aliphatic rings. The molecule has 0 heterocycles. The van der Waals surface area contributed by atoms with Gasteiger partial charge >= 0.3 is 5.97 Å². The highest BCUT2D eigenvalue weighted by Gasteiger charge is 2.51. The standard InChI is InChI=1S/C23H27NO2/c1-24(2)22-19-14-13-18(21(22)16-9-5-3-6-10-16)15-20(19)26-23(25)17-11-7-4-8-12-17/h3-12,18-22H,13-15H2,1-2H3/t18-,19+,20+,21+,22+/m1/s1. The number of carbonyl (C=O) groups is 1. The number of hydrogen-bond acceptors (Lipinski definition) is 3. The Balaban J connectivity index is 1.57. The van der Waals surface area contributed by atoms with Crippen molar-refractivity contribution in [3.8, 4) is 0 Å². The summed E-state index contributed by atoms with van der Waals surface area (Å²) < 4.78 is 6.01. The van der Waals surface area contributed by atoms with E-state index in [0.717, 1.165) is 12.8 Å². The number of esters is 1. The van der Waals surface area contributed by atoms with Gasteiger partial charge in [-0.15, -0.1) is 0 Å². The second-order valence-electron chi connectivity index (χ2n) is 7.94. The van der Waals surface area contributed by atoms with E-state index in [1.54, 1.807) is 0 Å². The Labute approximate surface area is 156 Å². The highest BCUT2D eigenvalue weighted by atomic mass is 16.5. The minimum absolute atomic E-state index is 0.0221. The van der Waals surface area contributed by atoms with Gasteiger partial charge in [0, 0.05) is 17.9 Å². The van der Waals surface area contributed by atoms with Gasteiger partial charge in [-0.3, -0.25) is 0 Å². The molecule has 0 radical (unpaired) electrons. The van der Waals surface area contributed by atoms with Crippen molar-refractivity contribution in [3.05, 3.63) is 71.8 Å². The highest BCUT2D eigenvalue weighted by molar-refractivity contribution is 5.89. The van der Waals surface area contributed by atoms with Gasteiger partial charge < -0.3 is 9.64 Å². The van der Waals surface area contributed by atoms with E-state index in [1.165, 1.54) is 12.0 Å². The zero-order valence-electron chi connectivity index (χ0n) is 15.5. The first kappa shape index (κ1) is 17.3. The lowest BCUT2D eigenvalue weighted by atomic mass is 9.58. The summed E-state index contributed by atoms with van der Waals surface area (Å²) in [6, 6.07) is 20.6. The number of hydrogen-bond donors (Lipinski definition) is 0. The van der Waals surface area contributed by atoms with E-state index in [0.29, 0.717) is 29.4 Å². The van der Waals surface area contributed by atoms with E-state index in [-0.39, 0.29) is 12.1 Å². The molecule has 0 N–H and O–H groups in total. The molecule has 3 saturated carbocycles. The van der Waals surface area contributed by atoms with Gasteiger partial charge in [0.1, 0.15) is 6.10 Å². The van der Waals surface area contributed by atoms with Gasteiger partial charge in [0.15, 0.2) is 0 Å². The van der Waals surface area contributed by atoms with Crippen molar-refractivity contribution >= 4 is 5.97 Å². The van der Waals surface area contributed by atoms with E-state index in [4.69, 9.17) is 4.74 Å². The van der Waals surface area contributed by atoms with Crippen LogP contribution in [0.15, 0.2) is 60.7 Å². The topological polar surface area (TPSA) is 29.5 Å². The Morgan fingerprint density at radius 2 is 1.62 bits per heavy atom. The van der Waals surface area contributed by atoms with Crippen molar-refractivity contribution in [1.29, 1.82) is 0 Å². The van der Waals surface area contributed by atoms with E-state index >= 15 is 0 Å². The third-order valence-electron chi connectivity index (χ3n) is 6.25. The first-order valence-electron chi connectivity index (χ1n) is 9.62. The lowest BCUT2D eigenvalue weighted by Gasteiger charge is -2.54. The molecule has 0 spiro atoms. The molecule has 3 nitrogen and oxygen atoms in total. The average molecular weight is 349 g/mol. The van der Waals surface area contributed by atoms with Crippen LogP contribution in [0.5, 0.6) is 0 Å². The van der Waals surface area contributed by atoms with Crippen LogP contribution in [-0.2, 0) is 4.74 Å². The SMILES string of the molecule is CN(C)[C@H]1[C@H]2CC[C@H](C[C@@H]2OC(=O)c2ccccc2)[C@@H]1c1ccccc1. The Kier molecular flexibility index (Phi) is 4.82. The lowest BCUT2D eigenvalue weighted by molar-refractivity contribution is -0.0746. The minimum Gasteiger partial charge on any atom is -0.458 e. The predicted molar refractivity (Wildman–Crippen MR) is 103 cm³/mol. The first-order chi connectivity index (χ1) is 12.6. The van der Waals surface area contributed by atoms with Crippen molar-refractivity contribution in [2.75, 3.05) is 14.1 Å². The summed E-state index contributed by atoms with van der Waals surface area (Å²) in [5, 5.41) is 0. The predicted octanol–water partition coefficient (Wildman–Crippen LogP) is 4.36. The molecule has 0 aromatic heterocycles. The van der Waals surface area contributed by atoms with Gasteiger partial charge in [0.2, 0.25) is 0 Å². The Hall–Kier alpha value is -2.13. The summed E-state index contributed by atoms with van der Waals surface area (Å²) in [5.41, 5.74) is 2.07. The average Bonchev–Trinajstić information content (AvgIpc) is 2.69. The van der Waals surface area contributed by atoms with Crippen LogP contribution in [0.1, 0.15) is 41.1 Å². The van der Waals surface area contributed by atoms with Crippen LogP contribution >= 0.6 is 0 Å². The molecule has 0 unspecified atom stereocenters. The summed E-state index contributed by atoms with van der Waals surface area (Å²) in [5.74, 6) is 1.31. The van der Waals surface area contributed by atoms with Crippen molar-refractivity contribution in [2.45, 2.75) is 37.3 Å². The molecular formula is C23H27NO2. The monoisotopic (exact) mass is 349 g/mol. The molecule has 2 aromatic rings. The molecule has 26 heavy (non-hydrogen) atoms. The number of nitrogens with zero attached hydrogens (tertiary/aromatic N) is 1. The number of carbonyl (C=O) groups excluding carboxylic acids is 1. The largest absolute Gasteiger partial charge is 0.458 e. The van der Waals surface area contributed by atoms with Crippen LogP contribution in [0, 0.1) is 11.8 Å². The summed E-state index contributed by atoms with van der Waals surface area (Å²) in [4.78, 5) is 14.9. The second kappa shape index (κ2) is 7.24. The maximum absolute atomic E-state index is 12.6. The summed E-state index contributed by atoms with van der Waals surface area (Å²) in [6.45, 7) is 0. The second-order valence-corrected chi connectivity index (χ2v) is 7.94. The number of likely N-dealkylation sites (N-methyl/N-ethyl adjacent to an activating group) is 1. The summed E-state index contributed by atoms with van der Waals surface area (Å²) in [6.07, 6.45) is 3.37. The zero-order chi connectivity index (χ0) is 18.1. The molecule has 2 aromatic carbocycles. The van der Waals surface area contributed by atoms with Gasteiger partial charge in [0.05, 0.1) is 5.56 Å². The van der Waals surface area contributed by atoms with Crippen LogP contribution in [0.2, 0.25) is 0 Å². The molecular weight excluding hydrogens is 322 g/mol. The van der Waals surface area contributed by atoms with E-state index < -0.39 is 0 Å². The Morgan fingerprint density at radius 3 is 2.27 bits per heavy atom. The maximum Gasteiger partial charge on any atom is 0.338 e. The van der Waals surface area contributed by atoms with Crippen LogP contribution in [0.25, 0.3) is 0 Å². The number of rotatable bonds is 4. The van der Waals surface area contributed by atoms with Gasteiger partial charge in [-0.2, -0.15) is 0 Å². The van der Waals surface area contributed by atoms with E-state index in [9.17, 15) is 4.79 Å². The zero-order valence-corrected chi connectivity index (χ0v) is 15.5. The molecule has 136 valence electrons. The van der Waals surface area contributed by atoms with Gasteiger partial charge in [-0.25, -0.2) is 4.79 Å². The fourth-order valence-electron chi connectivity index (χ4n) is 5.21. The minimum atomic E-state index is -0.183. The maximum atomic E-state index is 12.6. The van der Waals surface area contributed by atoms with Crippen molar-refractivity contribution < 1.29 is 9.53 Å². The Morgan fingerprint density at radius 1 is 0.962 bits per heavy atom. The lowest BCUT2D eigenvalue weighted by Crippen LogP contribution is -2.56. The highest BCUT2D eigenvalue weighted by Crippen LogP contribution is 2.52. The smallest absolute Gasteiger partial charge is 0.338 e. The van der Waals surface area contributed by atoms with Gasteiger partial charge in [0.25, 0.3) is 0 Å². The molecule has 5 rings (SSSR count). The fraction of sp³-hybridized carbons (Fsp3) is 0.435. The molecule has 3 fully saturated rings. The molecule has 0 amide bonds. The molecule has 2 bridgehead atoms. The van der Waals surface area contributed by atoms with Gasteiger partial charge in [-0.1, -0.05) is 48.5 Å². The molecule has 0 aliphatic heterocycles. The number of ether oxygens (including phenoxy) is 1. The fourth-order valence-corrected chi connectivity index (χ4v) is 5.21. The third kappa shape index (κ3) is 3.16. The van der Waals surface area contributed by atoms with E-state index in [1.807, 2.05) is 30.3 Å². The van der Waals surface area contributed by atoms with Gasteiger partial charge in [-0.05, 0) is 57.0 Å². The summed E-state index contributed by atoms with van der Waals surface area (Å²) >= 11 is 0. The van der Waals surface area contributed by atoms with Crippen LogP contribution in [0.3, 0.4) is 0 Å². The molecule has 3 heteroatoms. The normalized spacial score (nSPS) is 30.3. The molecule has 3 aliphatic carbocycles. The molecule has 5 atom stereocenters. The third-order valence-corrected chi connectivity index (χ3v) is 6.25. The van der Waals surface area contributed by atoms with Crippen LogP contribution < -0.4 is 0 Å². The first-order valence-corrected chi connectivity index (χ1v) is 9.62. The van der Waals surface area contributed by atoms with Crippen LogP contribution in [0.4, 0.5) is 0 Å². The quantitative estimate of drug-likeness (QED) is 0.768. The van der Waals surface area contributed by atoms with Crippen LogP contribution in [-0.4, -0.2) is 37.1 Å². The van der Waals surface area contributed by atoms with E-state index in [2.05, 4.69) is 49.3 Å². The Bertz CT molecular complexity index is 743. The van der Waals surface area contributed by atoms with Crippen molar-refractivity contribution in [3.63, 3.8) is 0 Å². The summed E-state index contributed by atoms with van der Waals surface area (Å²) in [7, 11) is 4.33. The molecule has 0 saturated heterocycles. The number of fused-ring (bicyclic) bond motifs is 3. The number of benzene rings is 2. The van der Waals surface area contributed by atoms with Crippen molar-refractivity contribution in [1.82, 2.24) is 4.90 Å². The van der Waals surface area contributed by atoms with Crippen molar-refractivity contribution in [2.24, 2.45) is 11.8 Å².